The van der Waals surface area contributed by atoms with Gasteiger partial charge in [-0.05, 0) is 109 Å². The first-order valence-corrected chi connectivity index (χ1v) is 17.7. The first-order valence-electron chi connectivity index (χ1n) is 17.7. The van der Waals surface area contributed by atoms with Crippen LogP contribution in [0.4, 0.5) is 17.6 Å². The molecule has 2 aromatic carbocycles. The molecular weight excluding hydrogens is 616 g/mol. The third kappa shape index (κ3) is 7.88. The SMILES string of the molecule is Cc1cc([C@@H](NC(=O)c2cc(Cn3ccccc3=N)cc(C3C(C(F)(F)F)NCCC34CCCCCCCCC4)c2)C2CC2)ccc1F. The first-order chi connectivity index (χ1) is 23.0. The predicted octanol–water partition coefficient (Wildman–Crippen LogP) is 8.86. The Balaban J connectivity index is 1.44. The molecule has 258 valence electrons. The first kappa shape index (κ1) is 34.4. The van der Waals surface area contributed by atoms with Gasteiger partial charge < -0.3 is 15.2 Å². The Labute approximate surface area is 281 Å². The number of alkyl halides is 3. The fraction of sp³-hybridized carbons (Fsp3) is 0.538. The molecule has 2 saturated carbocycles. The van der Waals surface area contributed by atoms with Gasteiger partial charge >= 0.3 is 6.18 Å². The molecule has 2 unspecified atom stereocenters. The minimum Gasteiger partial charge on any atom is -0.345 e. The van der Waals surface area contributed by atoms with Crippen molar-refractivity contribution in [1.82, 2.24) is 15.2 Å². The van der Waals surface area contributed by atoms with E-state index in [4.69, 9.17) is 5.41 Å². The maximum Gasteiger partial charge on any atom is 0.404 e. The minimum absolute atomic E-state index is 0.218. The van der Waals surface area contributed by atoms with Crippen molar-refractivity contribution in [3.8, 4) is 0 Å². The zero-order valence-electron chi connectivity index (χ0n) is 27.8. The molecule has 0 radical (unpaired) electrons. The Kier molecular flexibility index (Phi) is 10.4. The number of carbonyl (C=O) groups is 1. The lowest BCUT2D eigenvalue weighted by Crippen LogP contribution is -2.57. The number of amides is 1. The Morgan fingerprint density at radius 1 is 0.979 bits per heavy atom. The number of pyridine rings is 1. The van der Waals surface area contributed by atoms with E-state index >= 15 is 13.2 Å². The Morgan fingerprint density at radius 3 is 2.33 bits per heavy atom. The second kappa shape index (κ2) is 14.6. The predicted molar refractivity (Wildman–Crippen MR) is 179 cm³/mol. The number of hydrogen-bond acceptors (Lipinski definition) is 3. The van der Waals surface area contributed by atoms with E-state index in [0.717, 1.165) is 69.8 Å². The molecule has 3 aromatic rings. The van der Waals surface area contributed by atoms with Crippen LogP contribution in [0.5, 0.6) is 0 Å². The van der Waals surface area contributed by atoms with Crippen molar-refractivity contribution in [3.05, 3.63) is 99.9 Å². The summed E-state index contributed by atoms with van der Waals surface area (Å²) in [5.74, 6) is -1.30. The lowest BCUT2D eigenvalue weighted by atomic mass is 9.59. The lowest BCUT2D eigenvalue weighted by Gasteiger charge is -2.50. The van der Waals surface area contributed by atoms with Crippen molar-refractivity contribution in [1.29, 1.82) is 5.41 Å². The van der Waals surface area contributed by atoms with Crippen LogP contribution in [0.1, 0.15) is 122 Å². The topological polar surface area (TPSA) is 69.9 Å². The van der Waals surface area contributed by atoms with Gasteiger partial charge in [0, 0.05) is 24.2 Å². The normalized spacial score (nSPS) is 22.6. The lowest BCUT2D eigenvalue weighted by molar-refractivity contribution is -0.177. The van der Waals surface area contributed by atoms with Gasteiger partial charge in [-0.25, -0.2) is 4.39 Å². The summed E-state index contributed by atoms with van der Waals surface area (Å²) in [5.41, 5.74) is 2.59. The third-order valence-electron chi connectivity index (χ3n) is 11.0. The van der Waals surface area contributed by atoms with Gasteiger partial charge in [0.25, 0.3) is 5.91 Å². The summed E-state index contributed by atoms with van der Waals surface area (Å²) in [5, 5.41) is 14.5. The number of aromatic nitrogens is 1. The molecule has 1 amide bonds. The van der Waals surface area contributed by atoms with Crippen LogP contribution in [0.3, 0.4) is 0 Å². The van der Waals surface area contributed by atoms with Crippen molar-refractivity contribution in [3.63, 3.8) is 0 Å². The van der Waals surface area contributed by atoms with Gasteiger partial charge in [0.2, 0.25) is 0 Å². The number of nitrogens with zero attached hydrogens (tertiary/aromatic N) is 1. The summed E-state index contributed by atoms with van der Waals surface area (Å²) in [6.45, 7) is 2.27. The van der Waals surface area contributed by atoms with E-state index in [1.54, 1.807) is 54.1 Å². The van der Waals surface area contributed by atoms with Gasteiger partial charge in [-0.3, -0.25) is 10.2 Å². The van der Waals surface area contributed by atoms with Gasteiger partial charge in [-0.1, -0.05) is 69.2 Å². The summed E-state index contributed by atoms with van der Waals surface area (Å²) in [7, 11) is 0. The summed E-state index contributed by atoms with van der Waals surface area (Å²) >= 11 is 0. The van der Waals surface area contributed by atoms with Crippen LogP contribution >= 0.6 is 0 Å². The van der Waals surface area contributed by atoms with Crippen molar-refractivity contribution < 1.29 is 22.4 Å². The molecule has 5 nitrogen and oxygen atoms in total. The van der Waals surface area contributed by atoms with Crippen LogP contribution in [0, 0.1) is 29.5 Å². The van der Waals surface area contributed by atoms with Crippen LogP contribution < -0.4 is 16.1 Å². The maximum atomic E-state index is 15.0. The van der Waals surface area contributed by atoms with Crippen LogP contribution in [0.25, 0.3) is 0 Å². The molecule has 1 aliphatic heterocycles. The molecule has 3 N–H and O–H groups in total. The molecule has 1 saturated heterocycles. The van der Waals surface area contributed by atoms with E-state index in [-0.39, 0.29) is 35.7 Å². The molecule has 0 bridgehead atoms. The van der Waals surface area contributed by atoms with E-state index < -0.39 is 23.6 Å². The number of nitrogens with one attached hydrogen (secondary N) is 3. The molecule has 2 aliphatic carbocycles. The molecule has 6 rings (SSSR count). The Bertz CT molecular complexity index is 1640. The number of piperidine rings is 1. The van der Waals surface area contributed by atoms with E-state index in [1.165, 1.54) is 12.5 Å². The second-order valence-electron chi connectivity index (χ2n) is 14.5. The number of halogens is 4. The molecule has 48 heavy (non-hydrogen) atoms. The molecule has 1 aromatic heterocycles. The summed E-state index contributed by atoms with van der Waals surface area (Å²) in [6, 6.07) is 13.4. The Hall–Kier alpha value is -3.46. The van der Waals surface area contributed by atoms with Gasteiger partial charge in [0.15, 0.2) is 0 Å². The monoisotopic (exact) mass is 664 g/mol. The highest BCUT2D eigenvalue weighted by atomic mass is 19.4. The number of benzene rings is 2. The van der Waals surface area contributed by atoms with Crippen LogP contribution in [-0.4, -0.2) is 29.2 Å². The van der Waals surface area contributed by atoms with Crippen molar-refractivity contribution in [2.75, 3.05) is 6.54 Å². The third-order valence-corrected chi connectivity index (χ3v) is 11.0. The average Bonchev–Trinajstić information content (AvgIpc) is 3.90. The summed E-state index contributed by atoms with van der Waals surface area (Å²) in [4.78, 5) is 14.2. The fourth-order valence-corrected chi connectivity index (χ4v) is 8.40. The molecule has 3 atom stereocenters. The molecule has 9 heteroatoms. The minimum atomic E-state index is -4.47. The van der Waals surface area contributed by atoms with Gasteiger partial charge in [-0.2, -0.15) is 13.2 Å². The van der Waals surface area contributed by atoms with Crippen LogP contribution in [0.2, 0.25) is 0 Å². The quantitative estimate of drug-likeness (QED) is 0.221. The standard InChI is InChI=1S/C39H48F4N4O/c1-26-21-29(14-15-32(26)40)35(28-12-13-28)46-37(48)31-23-27(25-47-20-10-7-11-33(47)44)22-30(24-31)34-36(39(41,42)43)45-19-18-38(34)16-8-5-3-2-4-6-9-17-38/h7,10-11,14-15,20-24,28,34-36,44-45H,2-6,8-9,12-13,16-19,25H2,1H3,(H,46,48)/t34?,35-,36?/m0/s1. The average molecular weight is 665 g/mol. The zero-order valence-corrected chi connectivity index (χ0v) is 27.8. The van der Waals surface area contributed by atoms with Crippen molar-refractivity contribution in [2.24, 2.45) is 11.3 Å². The highest BCUT2D eigenvalue weighted by Crippen LogP contribution is 2.54. The van der Waals surface area contributed by atoms with Gasteiger partial charge in [-0.15, -0.1) is 0 Å². The highest BCUT2D eigenvalue weighted by molar-refractivity contribution is 5.95. The number of carbonyl (C=O) groups excluding carboxylic acids is 1. The zero-order chi connectivity index (χ0) is 33.9. The number of rotatable bonds is 7. The smallest absolute Gasteiger partial charge is 0.345 e. The molecule has 3 fully saturated rings. The largest absolute Gasteiger partial charge is 0.404 e. The maximum absolute atomic E-state index is 15.0. The number of hydrogen-bond donors (Lipinski definition) is 3. The molecule has 2 heterocycles. The van der Waals surface area contributed by atoms with Gasteiger partial charge in [0.1, 0.15) is 17.3 Å². The van der Waals surface area contributed by atoms with E-state index in [1.807, 2.05) is 12.1 Å². The Morgan fingerprint density at radius 2 is 1.69 bits per heavy atom. The van der Waals surface area contributed by atoms with E-state index in [9.17, 15) is 9.18 Å². The summed E-state index contributed by atoms with van der Waals surface area (Å²) < 4.78 is 60.9. The van der Waals surface area contributed by atoms with Crippen LogP contribution in [-0.2, 0) is 6.54 Å². The molecule has 1 spiro atoms. The van der Waals surface area contributed by atoms with Crippen LogP contribution in [0.15, 0.2) is 60.8 Å². The van der Waals surface area contributed by atoms with Crippen molar-refractivity contribution >= 4 is 5.91 Å². The van der Waals surface area contributed by atoms with E-state index in [2.05, 4.69) is 10.6 Å². The number of aryl methyl sites for hydroxylation is 1. The van der Waals surface area contributed by atoms with Crippen molar-refractivity contribution in [2.45, 2.75) is 115 Å². The molecular formula is C39H48F4N4O. The highest BCUT2D eigenvalue weighted by Gasteiger charge is 2.55. The fourth-order valence-electron chi connectivity index (χ4n) is 8.40. The summed E-state index contributed by atoms with van der Waals surface area (Å²) in [6.07, 6.45) is 8.56. The second-order valence-corrected chi connectivity index (χ2v) is 14.5. The molecule has 3 aliphatic rings. The van der Waals surface area contributed by atoms with E-state index in [0.29, 0.717) is 35.2 Å². The van der Waals surface area contributed by atoms with Gasteiger partial charge in [0.05, 0.1) is 6.04 Å².